The van der Waals surface area contributed by atoms with Gasteiger partial charge >= 0.3 is 12.5 Å². The number of carbonyl (C=O) groups excluding carboxylic acids is 3. The zero-order valence-corrected chi connectivity index (χ0v) is 20.5. The first-order valence-electron chi connectivity index (χ1n) is 11.2. The number of alkyl halides is 2. The van der Waals surface area contributed by atoms with Gasteiger partial charge in [-0.05, 0) is 31.8 Å². The summed E-state index contributed by atoms with van der Waals surface area (Å²) in [6.45, 7) is 5.31. The van der Waals surface area contributed by atoms with Crippen molar-refractivity contribution in [2.45, 2.75) is 19.5 Å². The van der Waals surface area contributed by atoms with Crippen LogP contribution in [0.1, 0.15) is 6.92 Å². The van der Waals surface area contributed by atoms with E-state index in [-0.39, 0.29) is 44.2 Å². The van der Waals surface area contributed by atoms with Crippen LogP contribution in [0.2, 0.25) is 0 Å². The first kappa shape index (κ1) is 29.4. The summed E-state index contributed by atoms with van der Waals surface area (Å²) < 4.78 is 44.7. The van der Waals surface area contributed by atoms with Gasteiger partial charge in [0, 0.05) is 32.5 Å². The second kappa shape index (κ2) is 14.0. The Hall–Kier alpha value is -3.85. The Balaban J connectivity index is 1.92. The van der Waals surface area contributed by atoms with Crippen molar-refractivity contribution in [3.8, 4) is 0 Å². The van der Waals surface area contributed by atoms with E-state index in [0.29, 0.717) is 6.54 Å². The molecule has 37 heavy (non-hydrogen) atoms. The maximum Gasteiger partial charge on any atom is 0.414 e. The van der Waals surface area contributed by atoms with Crippen LogP contribution in [0.3, 0.4) is 0 Å². The van der Waals surface area contributed by atoms with E-state index in [1.54, 1.807) is 4.90 Å². The Labute approximate surface area is 212 Å². The maximum absolute atomic E-state index is 15.0. The van der Waals surface area contributed by atoms with Gasteiger partial charge in [0.2, 0.25) is 0 Å². The molecule has 12 nitrogen and oxygen atoms in total. The van der Waals surface area contributed by atoms with Crippen molar-refractivity contribution >= 4 is 36.0 Å². The fourth-order valence-corrected chi connectivity index (χ4v) is 3.30. The summed E-state index contributed by atoms with van der Waals surface area (Å²) in [6.07, 6.45) is -2.13. The molecule has 2 rings (SSSR count). The number of hydrazine groups is 1. The van der Waals surface area contributed by atoms with Gasteiger partial charge in [-0.15, -0.1) is 0 Å². The number of cyclic esters (lactones) is 1. The molecule has 1 saturated heterocycles. The van der Waals surface area contributed by atoms with E-state index in [2.05, 4.69) is 11.7 Å². The highest BCUT2D eigenvalue weighted by Gasteiger charge is 2.33. The Kier molecular flexibility index (Phi) is 11.1. The predicted octanol–water partition coefficient (Wildman–Crippen LogP) is 1.10. The number of carbonyl (C=O) groups is 3. The van der Waals surface area contributed by atoms with Gasteiger partial charge in [0.05, 0.1) is 31.1 Å². The van der Waals surface area contributed by atoms with Crippen molar-refractivity contribution in [2.24, 2.45) is 10.8 Å². The average molecular weight is 530 g/mol. The minimum atomic E-state index is -3.18. The highest BCUT2D eigenvalue weighted by molar-refractivity contribution is 5.90. The molecule has 0 aliphatic carbocycles. The number of halogens is 3. The summed E-state index contributed by atoms with van der Waals surface area (Å²) in [5.74, 6) is 3.13. The van der Waals surface area contributed by atoms with Crippen molar-refractivity contribution in [1.29, 1.82) is 0 Å². The van der Waals surface area contributed by atoms with Crippen LogP contribution in [0.5, 0.6) is 0 Å². The van der Waals surface area contributed by atoms with E-state index < -0.39 is 36.3 Å². The summed E-state index contributed by atoms with van der Waals surface area (Å²) >= 11 is 0. The van der Waals surface area contributed by atoms with Crippen molar-refractivity contribution in [3.05, 3.63) is 36.4 Å². The number of hydrogen-bond donors (Lipinski definition) is 2. The summed E-state index contributed by atoms with van der Waals surface area (Å²) in [7, 11) is 1.43. The number of nitrogens with zero attached hydrogens (tertiary/aromatic N) is 5. The number of hydrogen-bond acceptors (Lipinski definition) is 9. The van der Waals surface area contributed by atoms with Crippen LogP contribution in [0.15, 0.2) is 35.6 Å². The molecule has 0 saturated carbocycles. The van der Waals surface area contributed by atoms with E-state index >= 15 is 0 Å². The number of nitrogens with one attached hydrogen (secondary N) is 1. The van der Waals surface area contributed by atoms with Crippen LogP contribution in [0, 0.1) is 5.82 Å². The van der Waals surface area contributed by atoms with Gasteiger partial charge in [-0.3, -0.25) is 24.3 Å². The Morgan fingerprint density at radius 1 is 1.43 bits per heavy atom. The molecule has 1 aromatic carbocycles. The Bertz CT molecular complexity index is 997. The van der Waals surface area contributed by atoms with Crippen LogP contribution >= 0.6 is 0 Å². The van der Waals surface area contributed by atoms with Crippen LogP contribution in [-0.4, -0.2) is 93.6 Å². The minimum Gasteiger partial charge on any atom is -0.442 e. The molecule has 1 fully saturated rings. The summed E-state index contributed by atoms with van der Waals surface area (Å²) in [5, 5.41) is 4.13. The van der Waals surface area contributed by atoms with Crippen molar-refractivity contribution < 1.29 is 37.1 Å². The van der Waals surface area contributed by atoms with Crippen LogP contribution < -0.4 is 21.0 Å². The van der Waals surface area contributed by atoms with E-state index in [0.717, 1.165) is 21.0 Å². The predicted molar refractivity (Wildman–Crippen MR) is 129 cm³/mol. The fraction of sp³-hybridized carbons (Fsp3) is 0.455. The SMILES string of the molecule is C=N/C=C\N(N)CC(=O)N(C)OCCN(CC)c1ccc(N2C[C@H](CNC(=O)C(F)F)OC2=O)cc1F. The number of nitrogens with two attached hydrogens (primary N) is 1. The first-order chi connectivity index (χ1) is 17.6. The Morgan fingerprint density at radius 3 is 2.78 bits per heavy atom. The van der Waals surface area contributed by atoms with Crippen LogP contribution in [0.25, 0.3) is 0 Å². The first-order valence-corrected chi connectivity index (χ1v) is 11.2. The number of amides is 3. The average Bonchev–Trinajstić information content (AvgIpc) is 3.24. The van der Waals surface area contributed by atoms with Crippen LogP contribution in [0.4, 0.5) is 29.3 Å². The molecule has 1 aromatic rings. The van der Waals surface area contributed by atoms with Gasteiger partial charge < -0.3 is 20.0 Å². The van der Waals surface area contributed by atoms with Crippen molar-refractivity contribution in [1.82, 2.24) is 15.4 Å². The molecule has 0 aromatic heterocycles. The zero-order valence-electron chi connectivity index (χ0n) is 20.5. The number of benzene rings is 1. The molecule has 204 valence electrons. The second-order valence-corrected chi connectivity index (χ2v) is 7.76. The number of aliphatic imine (C=N–C) groups is 1. The standard InChI is InChI=1S/C22H30F3N7O5/c1-4-30(9-10-36-29(3)19(33)14-31(26)8-7-27-2)18-6-5-15(11-17(18)23)32-13-16(37-22(32)35)12-28-21(34)20(24)25/h5-8,11,16,20H,2,4,9-10,12-14,26H2,1,3H3,(H,28,34)/b8-7-/t16-/m0/s1. The van der Waals surface area contributed by atoms with Gasteiger partial charge in [0.25, 0.3) is 11.8 Å². The molecule has 0 unspecified atom stereocenters. The molecule has 1 atom stereocenters. The normalized spacial score (nSPS) is 15.2. The molecule has 1 heterocycles. The monoisotopic (exact) mass is 529 g/mol. The van der Waals surface area contributed by atoms with Crippen molar-refractivity contribution in [3.63, 3.8) is 0 Å². The summed E-state index contributed by atoms with van der Waals surface area (Å²) in [5.41, 5.74) is 0.450. The summed E-state index contributed by atoms with van der Waals surface area (Å²) in [6, 6.07) is 4.15. The lowest BCUT2D eigenvalue weighted by Gasteiger charge is -2.26. The maximum atomic E-state index is 15.0. The number of anilines is 2. The molecule has 0 spiro atoms. The highest BCUT2D eigenvalue weighted by Crippen LogP contribution is 2.28. The summed E-state index contributed by atoms with van der Waals surface area (Å²) in [4.78, 5) is 47.0. The number of hydroxylamine groups is 2. The van der Waals surface area contributed by atoms with Gasteiger partial charge in [0.15, 0.2) is 0 Å². The topological polar surface area (TPSA) is 133 Å². The van der Waals surface area contributed by atoms with E-state index in [1.807, 2.05) is 12.2 Å². The molecule has 0 radical (unpaired) electrons. The largest absolute Gasteiger partial charge is 0.442 e. The third-order valence-corrected chi connectivity index (χ3v) is 5.22. The van der Waals surface area contributed by atoms with Gasteiger partial charge in [-0.25, -0.2) is 20.1 Å². The van der Waals surface area contributed by atoms with Crippen molar-refractivity contribution in [2.75, 3.05) is 56.2 Å². The number of rotatable bonds is 14. The molecule has 1 aliphatic rings. The number of ether oxygens (including phenoxy) is 1. The lowest BCUT2D eigenvalue weighted by atomic mass is 10.2. The van der Waals surface area contributed by atoms with E-state index in [9.17, 15) is 27.6 Å². The fourth-order valence-electron chi connectivity index (χ4n) is 3.30. The zero-order chi connectivity index (χ0) is 27.5. The van der Waals surface area contributed by atoms with Crippen LogP contribution in [-0.2, 0) is 19.2 Å². The highest BCUT2D eigenvalue weighted by atomic mass is 19.3. The third kappa shape index (κ3) is 8.64. The van der Waals surface area contributed by atoms with Gasteiger partial charge in [-0.2, -0.15) is 8.78 Å². The molecule has 3 N–H and O–H groups in total. The number of likely N-dealkylation sites (N-methyl/N-ethyl adjacent to an activating group) is 2. The molecule has 1 aliphatic heterocycles. The van der Waals surface area contributed by atoms with Gasteiger partial charge in [-0.1, -0.05) is 0 Å². The molecule has 0 bridgehead atoms. The third-order valence-electron chi connectivity index (χ3n) is 5.22. The Morgan fingerprint density at radius 2 is 2.16 bits per heavy atom. The lowest BCUT2D eigenvalue weighted by Crippen LogP contribution is -2.40. The molecule has 3 amide bonds. The quantitative estimate of drug-likeness (QED) is 0.208. The molecule has 15 heteroatoms. The lowest BCUT2D eigenvalue weighted by molar-refractivity contribution is -0.177. The second-order valence-electron chi connectivity index (χ2n) is 7.76. The molecular formula is C22H30F3N7O5. The van der Waals surface area contributed by atoms with Gasteiger partial charge in [0.1, 0.15) is 18.5 Å². The smallest absolute Gasteiger partial charge is 0.414 e. The molecular weight excluding hydrogens is 499 g/mol. The van der Waals surface area contributed by atoms with E-state index in [1.165, 1.54) is 31.6 Å². The minimum absolute atomic E-state index is 0.0487. The van der Waals surface area contributed by atoms with E-state index in [4.69, 9.17) is 15.4 Å².